The van der Waals surface area contributed by atoms with E-state index in [1.165, 1.54) is 6.20 Å². The maximum absolute atomic E-state index is 11.8. The molecule has 0 atom stereocenters. The number of hydrogen-bond acceptors (Lipinski definition) is 5. The van der Waals surface area contributed by atoms with Crippen molar-refractivity contribution in [2.45, 2.75) is 13.8 Å². The van der Waals surface area contributed by atoms with Crippen LogP contribution in [-0.4, -0.2) is 33.9 Å². The molecule has 0 unspecified atom stereocenters. The Balaban J connectivity index is 1.78. The summed E-state index contributed by atoms with van der Waals surface area (Å²) in [5.41, 5.74) is 2.38. The van der Waals surface area contributed by atoms with Gasteiger partial charge in [0, 0.05) is 36.9 Å². The molecule has 0 aliphatic carbocycles. The van der Waals surface area contributed by atoms with Gasteiger partial charge in [-0.2, -0.15) is 0 Å². The van der Waals surface area contributed by atoms with Crippen molar-refractivity contribution in [3.05, 3.63) is 47.5 Å². The molecule has 0 aromatic carbocycles. The van der Waals surface area contributed by atoms with Crippen molar-refractivity contribution in [2.24, 2.45) is 0 Å². The SMILES string of the molecule is Cc1cc(C)nc(NCCNC(=O)c2cccnc2)n1. The number of nitrogens with one attached hydrogen (secondary N) is 2. The number of carbonyl (C=O) groups is 1. The minimum atomic E-state index is -0.138. The van der Waals surface area contributed by atoms with Crippen LogP contribution in [0.5, 0.6) is 0 Å². The lowest BCUT2D eigenvalue weighted by molar-refractivity contribution is 0.0955. The van der Waals surface area contributed by atoms with E-state index in [-0.39, 0.29) is 5.91 Å². The van der Waals surface area contributed by atoms with E-state index < -0.39 is 0 Å². The van der Waals surface area contributed by atoms with Gasteiger partial charge in [-0.25, -0.2) is 9.97 Å². The summed E-state index contributed by atoms with van der Waals surface area (Å²) in [7, 11) is 0. The van der Waals surface area contributed by atoms with Gasteiger partial charge in [-0.1, -0.05) is 0 Å². The second kappa shape index (κ2) is 6.60. The largest absolute Gasteiger partial charge is 0.352 e. The number of carbonyl (C=O) groups excluding carboxylic acids is 1. The molecule has 0 radical (unpaired) electrons. The van der Waals surface area contributed by atoms with Crippen molar-refractivity contribution in [1.29, 1.82) is 0 Å². The molecule has 20 heavy (non-hydrogen) atoms. The Morgan fingerprint density at radius 2 is 1.95 bits per heavy atom. The normalized spacial score (nSPS) is 10.1. The van der Waals surface area contributed by atoms with Crippen LogP contribution in [0.15, 0.2) is 30.6 Å². The Morgan fingerprint density at radius 3 is 2.60 bits per heavy atom. The second-order valence-corrected chi connectivity index (χ2v) is 4.40. The van der Waals surface area contributed by atoms with Gasteiger partial charge in [-0.3, -0.25) is 9.78 Å². The van der Waals surface area contributed by atoms with Gasteiger partial charge in [-0.05, 0) is 32.0 Å². The third-order valence-corrected chi connectivity index (χ3v) is 2.60. The lowest BCUT2D eigenvalue weighted by atomic mass is 10.3. The molecule has 0 saturated heterocycles. The van der Waals surface area contributed by atoms with Gasteiger partial charge in [0.2, 0.25) is 5.95 Å². The quantitative estimate of drug-likeness (QED) is 0.802. The Hall–Kier alpha value is -2.50. The van der Waals surface area contributed by atoms with Crippen LogP contribution < -0.4 is 10.6 Å². The summed E-state index contributed by atoms with van der Waals surface area (Å²) in [6.45, 7) is 4.90. The number of rotatable bonds is 5. The number of aryl methyl sites for hydroxylation is 2. The van der Waals surface area contributed by atoms with Gasteiger partial charge in [0.15, 0.2) is 0 Å². The Labute approximate surface area is 117 Å². The van der Waals surface area contributed by atoms with Gasteiger partial charge < -0.3 is 10.6 Å². The highest BCUT2D eigenvalue weighted by molar-refractivity contribution is 5.93. The van der Waals surface area contributed by atoms with Crippen molar-refractivity contribution in [3.8, 4) is 0 Å². The standard InChI is InChI=1S/C14H17N5O/c1-10-8-11(2)19-14(18-10)17-7-6-16-13(20)12-4-3-5-15-9-12/h3-5,8-9H,6-7H2,1-2H3,(H,16,20)(H,17,18,19). The zero-order valence-corrected chi connectivity index (χ0v) is 11.6. The van der Waals surface area contributed by atoms with Gasteiger partial charge in [0.1, 0.15) is 0 Å². The molecule has 6 nitrogen and oxygen atoms in total. The molecule has 2 heterocycles. The third kappa shape index (κ3) is 4.01. The van der Waals surface area contributed by atoms with Crippen molar-refractivity contribution in [3.63, 3.8) is 0 Å². The fraction of sp³-hybridized carbons (Fsp3) is 0.286. The van der Waals surface area contributed by atoms with Crippen LogP contribution in [0.3, 0.4) is 0 Å². The molecule has 0 aliphatic heterocycles. The van der Waals surface area contributed by atoms with Crippen molar-refractivity contribution in [2.75, 3.05) is 18.4 Å². The predicted molar refractivity (Wildman–Crippen MR) is 76.6 cm³/mol. The van der Waals surface area contributed by atoms with Crippen LogP contribution in [0.25, 0.3) is 0 Å². The number of amides is 1. The lowest BCUT2D eigenvalue weighted by Crippen LogP contribution is -2.29. The molecular formula is C14H17N5O. The second-order valence-electron chi connectivity index (χ2n) is 4.40. The number of nitrogens with zero attached hydrogens (tertiary/aromatic N) is 3. The highest BCUT2D eigenvalue weighted by Gasteiger charge is 2.04. The van der Waals surface area contributed by atoms with Crippen LogP contribution in [0.4, 0.5) is 5.95 Å². The van der Waals surface area contributed by atoms with Crippen LogP contribution in [-0.2, 0) is 0 Å². The monoisotopic (exact) mass is 271 g/mol. The van der Waals surface area contributed by atoms with E-state index in [9.17, 15) is 4.79 Å². The fourth-order valence-corrected chi connectivity index (χ4v) is 1.75. The van der Waals surface area contributed by atoms with Crippen molar-refractivity contribution >= 4 is 11.9 Å². The topological polar surface area (TPSA) is 79.8 Å². The summed E-state index contributed by atoms with van der Waals surface area (Å²) in [5.74, 6) is 0.444. The molecule has 2 N–H and O–H groups in total. The molecular weight excluding hydrogens is 254 g/mol. The Morgan fingerprint density at radius 1 is 1.20 bits per heavy atom. The molecule has 0 fully saturated rings. The highest BCUT2D eigenvalue weighted by atomic mass is 16.1. The molecule has 2 aromatic heterocycles. The van der Waals surface area contributed by atoms with Gasteiger partial charge in [-0.15, -0.1) is 0 Å². The molecule has 2 rings (SSSR count). The maximum atomic E-state index is 11.8. The first-order valence-electron chi connectivity index (χ1n) is 6.39. The number of hydrogen-bond donors (Lipinski definition) is 2. The molecule has 0 spiro atoms. The summed E-state index contributed by atoms with van der Waals surface area (Å²) < 4.78 is 0. The Bertz CT molecular complexity index is 565. The zero-order chi connectivity index (χ0) is 14.4. The Kier molecular flexibility index (Phi) is 4.60. The molecule has 1 amide bonds. The van der Waals surface area contributed by atoms with Gasteiger partial charge in [0.25, 0.3) is 5.91 Å². The third-order valence-electron chi connectivity index (χ3n) is 2.60. The van der Waals surface area contributed by atoms with E-state index in [4.69, 9.17) is 0 Å². The number of aromatic nitrogens is 3. The van der Waals surface area contributed by atoms with E-state index in [2.05, 4.69) is 25.6 Å². The molecule has 2 aromatic rings. The lowest BCUT2D eigenvalue weighted by Gasteiger charge is -2.07. The molecule has 0 aliphatic rings. The van der Waals surface area contributed by atoms with Gasteiger partial charge in [0.05, 0.1) is 5.56 Å². The predicted octanol–water partition coefficient (Wildman–Crippen LogP) is 1.33. The summed E-state index contributed by atoms with van der Waals surface area (Å²) in [4.78, 5) is 24.2. The molecule has 6 heteroatoms. The fourth-order valence-electron chi connectivity index (χ4n) is 1.75. The first-order chi connectivity index (χ1) is 9.65. The molecule has 104 valence electrons. The smallest absolute Gasteiger partial charge is 0.252 e. The summed E-state index contributed by atoms with van der Waals surface area (Å²) >= 11 is 0. The minimum absolute atomic E-state index is 0.138. The number of pyridine rings is 1. The summed E-state index contributed by atoms with van der Waals surface area (Å²) in [6.07, 6.45) is 3.17. The molecule has 0 saturated carbocycles. The average Bonchev–Trinajstić information content (AvgIpc) is 2.43. The minimum Gasteiger partial charge on any atom is -0.352 e. The van der Waals surface area contributed by atoms with E-state index in [0.29, 0.717) is 24.6 Å². The van der Waals surface area contributed by atoms with E-state index >= 15 is 0 Å². The van der Waals surface area contributed by atoms with Crippen LogP contribution in [0.1, 0.15) is 21.7 Å². The van der Waals surface area contributed by atoms with Crippen LogP contribution >= 0.6 is 0 Å². The van der Waals surface area contributed by atoms with Crippen LogP contribution in [0.2, 0.25) is 0 Å². The summed E-state index contributed by atoms with van der Waals surface area (Å²) in [5, 5.41) is 5.88. The maximum Gasteiger partial charge on any atom is 0.252 e. The first-order valence-corrected chi connectivity index (χ1v) is 6.39. The summed E-state index contributed by atoms with van der Waals surface area (Å²) in [6, 6.07) is 5.37. The first kappa shape index (κ1) is 13.9. The average molecular weight is 271 g/mol. The van der Waals surface area contributed by atoms with E-state index in [1.807, 2.05) is 19.9 Å². The van der Waals surface area contributed by atoms with Crippen LogP contribution in [0, 0.1) is 13.8 Å². The number of anilines is 1. The van der Waals surface area contributed by atoms with Gasteiger partial charge >= 0.3 is 0 Å². The van der Waals surface area contributed by atoms with E-state index in [0.717, 1.165) is 11.4 Å². The van der Waals surface area contributed by atoms with Crippen molar-refractivity contribution in [1.82, 2.24) is 20.3 Å². The molecule has 0 bridgehead atoms. The van der Waals surface area contributed by atoms with Crippen molar-refractivity contribution < 1.29 is 4.79 Å². The highest BCUT2D eigenvalue weighted by Crippen LogP contribution is 2.02. The zero-order valence-electron chi connectivity index (χ0n) is 11.6. The van der Waals surface area contributed by atoms with E-state index in [1.54, 1.807) is 18.3 Å².